The Morgan fingerprint density at radius 1 is 1.09 bits per heavy atom. The van der Waals surface area contributed by atoms with Crippen molar-refractivity contribution in [3.05, 3.63) is 70.0 Å². The molecule has 9 heteroatoms. The van der Waals surface area contributed by atoms with E-state index in [9.17, 15) is 19.5 Å². The molecular weight excluding hydrogens is 474 g/mol. The Labute approximate surface area is 205 Å². The summed E-state index contributed by atoms with van der Waals surface area (Å²) in [5, 5.41) is 9.68. The first-order chi connectivity index (χ1) is 16.7. The molecule has 0 amide bonds. The predicted octanol–water partition coefficient (Wildman–Crippen LogP) is 4.51. The zero-order valence-electron chi connectivity index (χ0n) is 19.0. The van der Waals surface area contributed by atoms with Crippen LogP contribution in [0.5, 0.6) is 17.2 Å². The minimum Gasteiger partial charge on any atom is -0.496 e. The average Bonchev–Trinajstić information content (AvgIpc) is 3.17. The summed E-state index contributed by atoms with van der Waals surface area (Å²) >= 11 is 6.48. The Morgan fingerprint density at radius 2 is 1.74 bits per heavy atom. The molecule has 2 aromatic carbocycles. The molecule has 0 bridgehead atoms. The smallest absolute Gasteiger partial charge is 0.354 e. The van der Waals surface area contributed by atoms with Gasteiger partial charge in [0, 0.05) is 12.0 Å². The molecular formula is C26H20ClNO7. The number of halogens is 1. The quantitative estimate of drug-likeness (QED) is 0.528. The van der Waals surface area contributed by atoms with E-state index >= 15 is 0 Å². The fourth-order valence-corrected chi connectivity index (χ4v) is 5.14. The van der Waals surface area contributed by atoms with E-state index in [1.165, 1.54) is 26.4 Å². The van der Waals surface area contributed by atoms with Crippen LogP contribution in [0.15, 0.2) is 42.5 Å². The van der Waals surface area contributed by atoms with Crippen LogP contribution in [0.1, 0.15) is 43.8 Å². The van der Waals surface area contributed by atoms with Crippen LogP contribution in [0.25, 0.3) is 11.1 Å². The molecule has 0 fully saturated rings. The molecule has 1 spiro atoms. The second-order valence-electron chi connectivity index (χ2n) is 8.45. The summed E-state index contributed by atoms with van der Waals surface area (Å²) in [6, 6.07) is 11.7. The van der Waals surface area contributed by atoms with E-state index in [4.69, 9.17) is 25.8 Å². The maximum atomic E-state index is 14.2. The van der Waals surface area contributed by atoms with E-state index in [1.54, 1.807) is 31.2 Å². The lowest BCUT2D eigenvalue weighted by Crippen LogP contribution is -2.57. The van der Waals surface area contributed by atoms with Crippen molar-refractivity contribution in [3.63, 3.8) is 0 Å². The third-order valence-electron chi connectivity index (χ3n) is 6.57. The summed E-state index contributed by atoms with van der Waals surface area (Å²) < 4.78 is 16.9. The van der Waals surface area contributed by atoms with Crippen molar-refractivity contribution in [2.24, 2.45) is 5.92 Å². The molecule has 0 saturated carbocycles. The van der Waals surface area contributed by atoms with Crippen LogP contribution in [0.2, 0.25) is 5.02 Å². The van der Waals surface area contributed by atoms with Gasteiger partial charge >= 0.3 is 5.97 Å². The Balaban J connectivity index is 1.75. The minimum absolute atomic E-state index is 0.0212. The number of fused-ring (bicyclic) bond motifs is 2. The number of carboxylic acid groups (broad SMARTS) is 1. The lowest BCUT2D eigenvalue weighted by Gasteiger charge is -2.37. The molecule has 0 radical (unpaired) electrons. The van der Waals surface area contributed by atoms with Crippen molar-refractivity contribution in [2.75, 3.05) is 14.2 Å². The van der Waals surface area contributed by atoms with Crippen LogP contribution in [-0.2, 0) is 6.42 Å². The van der Waals surface area contributed by atoms with Gasteiger partial charge in [-0.3, -0.25) is 9.59 Å². The third-order valence-corrected chi connectivity index (χ3v) is 6.93. The number of pyridine rings is 1. The summed E-state index contributed by atoms with van der Waals surface area (Å²) in [5.41, 5.74) is -0.584. The molecule has 5 rings (SSSR count). The molecule has 1 aromatic heterocycles. The molecule has 2 heterocycles. The maximum absolute atomic E-state index is 14.2. The number of aromatic carboxylic acids is 1. The van der Waals surface area contributed by atoms with Crippen molar-refractivity contribution < 1.29 is 33.7 Å². The number of carboxylic acids is 1. The molecule has 1 aliphatic heterocycles. The van der Waals surface area contributed by atoms with Gasteiger partial charge < -0.3 is 19.3 Å². The van der Waals surface area contributed by atoms with Gasteiger partial charge in [0.1, 0.15) is 27.8 Å². The van der Waals surface area contributed by atoms with Crippen LogP contribution >= 0.6 is 11.6 Å². The molecule has 178 valence electrons. The highest BCUT2D eigenvalue weighted by molar-refractivity contribution is 6.36. The van der Waals surface area contributed by atoms with Gasteiger partial charge in [-0.2, -0.15) is 0 Å². The Morgan fingerprint density at radius 3 is 2.37 bits per heavy atom. The number of rotatable bonds is 4. The van der Waals surface area contributed by atoms with E-state index in [-0.39, 0.29) is 45.5 Å². The Hall–Kier alpha value is -3.91. The van der Waals surface area contributed by atoms with Gasteiger partial charge in [0.15, 0.2) is 5.75 Å². The normalized spacial score (nSPS) is 20.3. The summed E-state index contributed by atoms with van der Waals surface area (Å²) in [5.74, 6) is -2.62. The summed E-state index contributed by atoms with van der Waals surface area (Å²) in [4.78, 5) is 44.2. The highest BCUT2D eigenvalue weighted by Gasteiger charge is 2.62. The van der Waals surface area contributed by atoms with Gasteiger partial charge in [-0.15, -0.1) is 0 Å². The van der Waals surface area contributed by atoms with Gasteiger partial charge in [-0.25, -0.2) is 9.78 Å². The summed E-state index contributed by atoms with van der Waals surface area (Å²) in [6.07, 6.45) is 0.138. The molecule has 35 heavy (non-hydrogen) atoms. The number of Topliss-reactive ketones (excluding diaryl/α,β-unsaturated/α-hetero) is 2. The van der Waals surface area contributed by atoms with Crippen LogP contribution < -0.4 is 14.2 Å². The molecule has 1 aliphatic carbocycles. The number of benzene rings is 2. The lowest BCUT2D eigenvalue weighted by molar-refractivity contribution is 0.0256. The molecule has 2 atom stereocenters. The zero-order chi connectivity index (χ0) is 25.1. The lowest BCUT2D eigenvalue weighted by atomic mass is 9.69. The van der Waals surface area contributed by atoms with Gasteiger partial charge in [0.25, 0.3) is 0 Å². The van der Waals surface area contributed by atoms with E-state index in [0.29, 0.717) is 16.8 Å². The van der Waals surface area contributed by atoms with E-state index in [2.05, 4.69) is 4.98 Å². The van der Waals surface area contributed by atoms with Crippen molar-refractivity contribution >= 4 is 29.1 Å². The van der Waals surface area contributed by atoms with E-state index < -0.39 is 29.1 Å². The van der Waals surface area contributed by atoms with Crippen LogP contribution in [0, 0.1) is 5.92 Å². The summed E-state index contributed by atoms with van der Waals surface area (Å²) in [7, 11) is 2.82. The van der Waals surface area contributed by atoms with Gasteiger partial charge in [-0.1, -0.05) is 48.9 Å². The largest absolute Gasteiger partial charge is 0.496 e. The van der Waals surface area contributed by atoms with Crippen molar-refractivity contribution in [3.8, 4) is 28.4 Å². The molecule has 1 N–H and O–H groups in total. The molecule has 2 unspecified atom stereocenters. The monoisotopic (exact) mass is 493 g/mol. The standard InChI is InChI=1S/C26H20ClNO7/c1-12-9-15-19(14(10-16(28-15)25(31)32)13-7-5-4-6-8-13)23(29)26(12)24(30)20-17(33-2)11-18(34-3)21(27)22(20)35-26/h4-8,10-12H,9H2,1-3H3,(H,31,32). The molecule has 3 aromatic rings. The van der Waals surface area contributed by atoms with Crippen molar-refractivity contribution in [2.45, 2.75) is 18.9 Å². The van der Waals surface area contributed by atoms with Crippen LogP contribution in [0.3, 0.4) is 0 Å². The van der Waals surface area contributed by atoms with Crippen LogP contribution in [-0.4, -0.2) is 47.4 Å². The topological polar surface area (TPSA) is 112 Å². The van der Waals surface area contributed by atoms with Crippen LogP contribution in [0.4, 0.5) is 0 Å². The highest BCUT2D eigenvalue weighted by Crippen LogP contribution is 2.54. The Kier molecular flexibility index (Phi) is 5.29. The molecule has 8 nitrogen and oxygen atoms in total. The predicted molar refractivity (Wildman–Crippen MR) is 126 cm³/mol. The molecule has 2 aliphatic rings. The number of nitrogens with zero attached hydrogens (tertiary/aromatic N) is 1. The first kappa shape index (κ1) is 22.9. The third kappa shape index (κ3) is 3.13. The second-order valence-corrected chi connectivity index (χ2v) is 8.83. The SMILES string of the molecule is COc1cc(OC)c2c(c1Cl)OC1(C(=O)c3c(-c4ccccc4)cc(C(=O)O)nc3CC1C)C2=O. The number of carbonyl (C=O) groups is 3. The number of ether oxygens (including phenoxy) is 3. The fraction of sp³-hybridized carbons (Fsp3) is 0.231. The second kappa shape index (κ2) is 8.09. The number of hydrogen-bond acceptors (Lipinski definition) is 7. The van der Waals surface area contributed by atoms with Crippen molar-refractivity contribution in [1.82, 2.24) is 4.98 Å². The van der Waals surface area contributed by atoms with Gasteiger partial charge in [0.05, 0.1) is 25.5 Å². The maximum Gasteiger partial charge on any atom is 0.354 e. The van der Waals surface area contributed by atoms with Gasteiger partial charge in [-0.05, 0) is 23.6 Å². The zero-order valence-corrected chi connectivity index (χ0v) is 19.8. The first-order valence-corrected chi connectivity index (χ1v) is 11.2. The average molecular weight is 494 g/mol. The number of carbonyl (C=O) groups excluding carboxylic acids is 2. The Bertz CT molecular complexity index is 1420. The van der Waals surface area contributed by atoms with E-state index in [0.717, 1.165) is 0 Å². The van der Waals surface area contributed by atoms with Gasteiger partial charge in [0.2, 0.25) is 17.2 Å². The number of methoxy groups -OCH3 is 2. The van der Waals surface area contributed by atoms with Crippen molar-refractivity contribution in [1.29, 1.82) is 0 Å². The number of aromatic nitrogens is 1. The van der Waals surface area contributed by atoms with E-state index in [1.807, 2.05) is 6.07 Å². The number of ketones is 2. The number of hydrogen-bond donors (Lipinski definition) is 1. The minimum atomic E-state index is -1.91. The first-order valence-electron chi connectivity index (χ1n) is 10.8. The molecule has 0 saturated heterocycles. The fourth-order valence-electron chi connectivity index (χ4n) is 4.87. The summed E-state index contributed by atoms with van der Waals surface area (Å²) in [6.45, 7) is 1.69. The highest BCUT2D eigenvalue weighted by atomic mass is 35.5.